The van der Waals surface area contributed by atoms with Gasteiger partial charge in [-0.25, -0.2) is 4.98 Å². The van der Waals surface area contributed by atoms with Gasteiger partial charge in [0, 0.05) is 13.1 Å². The summed E-state index contributed by atoms with van der Waals surface area (Å²) < 4.78 is 0. The van der Waals surface area contributed by atoms with Crippen molar-refractivity contribution in [2.75, 3.05) is 18.0 Å². The molecule has 0 atom stereocenters. The van der Waals surface area contributed by atoms with Crippen LogP contribution in [0, 0.1) is 17.2 Å². The van der Waals surface area contributed by atoms with Crippen LogP contribution in [0.15, 0.2) is 18.3 Å². The smallest absolute Gasteiger partial charge is 0.140 e. The fourth-order valence-corrected chi connectivity index (χ4v) is 1.91. The largest absolute Gasteiger partial charge is 0.370 e. The highest BCUT2D eigenvalue weighted by atomic mass is 15.1. The molecule has 1 aromatic rings. The van der Waals surface area contributed by atoms with E-state index in [-0.39, 0.29) is 0 Å². The average molecular weight is 201 g/mol. The van der Waals surface area contributed by atoms with Crippen LogP contribution in [-0.2, 0) is 0 Å². The molecule has 0 aromatic carbocycles. The molecule has 15 heavy (non-hydrogen) atoms. The normalized spacial score (nSPS) is 17.5. The number of hydrogen-bond donors (Lipinski definition) is 0. The lowest BCUT2D eigenvalue weighted by molar-refractivity contribution is 0.438. The molecule has 1 aromatic heterocycles. The van der Waals surface area contributed by atoms with Gasteiger partial charge >= 0.3 is 0 Å². The Morgan fingerprint density at radius 3 is 2.67 bits per heavy atom. The molecular weight excluding hydrogens is 186 g/mol. The molecule has 0 amide bonds. The Kier molecular flexibility index (Phi) is 2.86. The third kappa shape index (κ3) is 2.27. The molecule has 1 aliphatic heterocycles. The van der Waals surface area contributed by atoms with Crippen molar-refractivity contribution in [2.45, 2.75) is 19.8 Å². The van der Waals surface area contributed by atoms with E-state index in [1.807, 2.05) is 12.1 Å². The minimum Gasteiger partial charge on any atom is -0.370 e. The van der Waals surface area contributed by atoms with Crippen LogP contribution < -0.4 is 4.90 Å². The Hall–Kier alpha value is -1.56. The molecule has 0 aliphatic carbocycles. The van der Waals surface area contributed by atoms with Crippen LogP contribution >= 0.6 is 0 Å². The van der Waals surface area contributed by atoms with Gasteiger partial charge in [0.2, 0.25) is 0 Å². The quantitative estimate of drug-likeness (QED) is 0.699. The van der Waals surface area contributed by atoms with E-state index in [2.05, 4.69) is 16.8 Å². The number of pyridine rings is 1. The molecule has 78 valence electrons. The number of nitriles is 1. The SMILES string of the molecule is CC1CCN(c2ccc(C#N)nc2)CC1. The van der Waals surface area contributed by atoms with Crippen LogP contribution in [-0.4, -0.2) is 18.1 Å². The van der Waals surface area contributed by atoms with Gasteiger partial charge in [-0.1, -0.05) is 6.92 Å². The monoisotopic (exact) mass is 201 g/mol. The van der Waals surface area contributed by atoms with Crippen molar-refractivity contribution in [3.05, 3.63) is 24.0 Å². The van der Waals surface area contributed by atoms with Gasteiger partial charge < -0.3 is 4.90 Å². The van der Waals surface area contributed by atoms with Crippen LogP contribution in [0.3, 0.4) is 0 Å². The highest BCUT2D eigenvalue weighted by Crippen LogP contribution is 2.21. The Morgan fingerprint density at radius 1 is 1.40 bits per heavy atom. The lowest BCUT2D eigenvalue weighted by Crippen LogP contribution is -2.32. The van der Waals surface area contributed by atoms with E-state index >= 15 is 0 Å². The molecule has 2 rings (SSSR count). The maximum Gasteiger partial charge on any atom is 0.140 e. The average Bonchev–Trinajstić information content (AvgIpc) is 2.30. The van der Waals surface area contributed by atoms with E-state index in [1.54, 1.807) is 12.3 Å². The summed E-state index contributed by atoms with van der Waals surface area (Å²) in [5, 5.41) is 8.65. The third-order valence-electron chi connectivity index (χ3n) is 3.01. The molecule has 0 spiro atoms. The molecule has 1 saturated heterocycles. The molecule has 1 aliphatic rings. The predicted molar refractivity (Wildman–Crippen MR) is 59.6 cm³/mol. The minimum atomic E-state index is 0.490. The zero-order valence-electron chi connectivity index (χ0n) is 8.98. The van der Waals surface area contributed by atoms with E-state index < -0.39 is 0 Å². The van der Waals surface area contributed by atoms with Crippen molar-refractivity contribution in [1.82, 2.24) is 4.98 Å². The summed E-state index contributed by atoms with van der Waals surface area (Å²) in [4.78, 5) is 6.43. The summed E-state index contributed by atoms with van der Waals surface area (Å²) in [6.45, 7) is 4.51. The maximum absolute atomic E-state index is 8.65. The summed E-state index contributed by atoms with van der Waals surface area (Å²) in [6.07, 6.45) is 4.30. The molecular formula is C12H15N3. The van der Waals surface area contributed by atoms with Gasteiger partial charge in [0.25, 0.3) is 0 Å². The molecule has 1 fully saturated rings. The van der Waals surface area contributed by atoms with Crippen LogP contribution in [0.2, 0.25) is 0 Å². The fourth-order valence-electron chi connectivity index (χ4n) is 1.91. The second kappa shape index (κ2) is 4.31. The lowest BCUT2D eigenvalue weighted by atomic mass is 9.99. The standard InChI is InChI=1S/C12H15N3/c1-10-4-6-15(7-5-10)12-3-2-11(8-13)14-9-12/h2-3,9-10H,4-7H2,1H3. The maximum atomic E-state index is 8.65. The highest BCUT2D eigenvalue weighted by molar-refractivity contribution is 5.46. The van der Waals surface area contributed by atoms with Crippen LogP contribution in [0.4, 0.5) is 5.69 Å². The second-order valence-electron chi connectivity index (χ2n) is 4.18. The van der Waals surface area contributed by atoms with Gasteiger partial charge in [0.1, 0.15) is 11.8 Å². The molecule has 0 unspecified atom stereocenters. The van der Waals surface area contributed by atoms with E-state index in [1.165, 1.54) is 12.8 Å². The van der Waals surface area contributed by atoms with Crippen LogP contribution in [0.1, 0.15) is 25.5 Å². The summed E-state index contributed by atoms with van der Waals surface area (Å²) in [6, 6.07) is 5.81. The number of hydrogen-bond acceptors (Lipinski definition) is 3. The first-order chi connectivity index (χ1) is 7.29. The number of rotatable bonds is 1. The van der Waals surface area contributed by atoms with E-state index in [0.29, 0.717) is 5.69 Å². The molecule has 0 bridgehead atoms. The first-order valence-electron chi connectivity index (χ1n) is 5.40. The summed E-state index contributed by atoms with van der Waals surface area (Å²) in [7, 11) is 0. The van der Waals surface area contributed by atoms with Gasteiger partial charge in [0.05, 0.1) is 11.9 Å². The Morgan fingerprint density at radius 2 is 2.13 bits per heavy atom. The van der Waals surface area contributed by atoms with Gasteiger partial charge in [0.15, 0.2) is 0 Å². The zero-order valence-corrected chi connectivity index (χ0v) is 8.98. The number of anilines is 1. The van der Waals surface area contributed by atoms with Gasteiger partial charge in [-0.15, -0.1) is 0 Å². The molecule has 0 saturated carbocycles. The topological polar surface area (TPSA) is 39.9 Å². The zero-order chi connectivity index (χ0) is 10.7. The Bertz CT molecular complexity index is 355. The van der Waals surface area contributed by atoms with Crippen LogP contribution in [0.5, 0.6) is 0 Å². The summed E-state index contributed by atoms with van der Waals surface area (Å²) in [5.74, 6) is 0.840. The van der Waals surface area contributed by atoms with Crippen molar-refractivity contribution in [2.24, 2.45) is 5.92 Å². The molecule has 3 nitrogen and oxygen atoms in total. The highest BCUT2D eigenvalue weighted by Gasteiger charge is 2.15. The lowest BCUT2D eigenvalue weighted by Gasteiger charge is -2.31. The van der Waals surface area contributed by atoms with Crippen molar-refractivity contribution in [3.8, 4) is 6.07 Å². The van der Waals surface area contributed by atoms with Crippen molar-refractivity contribution >= 4 is 5.69 Å². The molecule has 0 N–H and O–H groups in total. The first-order valence-corrected chi connectivity index (χ1v) is 5.40. The first kappa shape index (κ1) is 9.97. The number of aromatic nitrogens is 1. The Balaban J connectivity index is 2.07. The fraction of sp³-hybridized carbons (Fsp3) is 0.500. The number of nitrogens with zero attached hydrogens (tertiary/aromatic N) is 3. The number of piperidine rings is 1. The van der Waals surface area contributed by atoms with Gasteiger partial charge in [-0.3, -0.25) is 0 Å². The van der Waals surface area contributed by atoms with Crippen molar-refractivity contribution in [3.63, 3.8) is 0 Å². The van der Waals surface area contributed by atoms with Gasteiger partial charge in [-0.05, 0) is 30.9 Å². The van der Waals surface area contributed by atoms with Crippen molar-refractivity contribution < 1.29 is 0 Å². The molecule has 0 radical (unpaired) electrons. The second-order valence-corrected chi connectivity index (χ2v) is 4.18. The molecule has 3 heteroatoms. The summed E-state index contributed by atoms with van der Waals surface area (Å²) >= 11 is 0. The van der Waals surface area contributed by atoms with E-state index in [0.717, 1.165) is 24.7 Å². The third-order valence-corrected chi connectivity index (χ3v) is 3.01. The van der Waals surface area contributed by atoms with Crippen LogP contribution in [0.25, 0.3) is 0 Å². The molecule has 2 heterocycles. The van der Waals surface area contributed by atoms with Gasteiger partial charge in [-0.2, -0.15) is 5.26 Å². The predicted octanol–water partition coefficient (Wildman–Crippen LogP) is 2.19. The summed E-state index contributed by atoms with van der Waals surface area (Å²) in [5.41, 5.74) is 1.63. The van der Waals surface area contributed by atoms with Crippen molar-refractivity contribution in [1.29, 1.82) is 5.26 Å². The minimum absolute atomic E-state index is 0.490. The van der Waals surface area contributed by atoms with E-state index in [9.17, 15) is 0 Å². The Labute approximate surface area is 90.4 Å². The van der Waals surface area contributed by atoms with E-state index in [4.69, 9.17) is 5.26 Å².